The van der Waals surface area contributed by atoms with Gasteiger partial charge in [0.1, 0.15) is 5.69 Å². The van der Waals surface area contributed by atoms with E-state index in [1.165, 1.54) is 5.56 Å². The number of aliphatic hydroxyl groups is 1. The largest absolute Gasteiger partial charge is 0.394 e. The van der Waals surface area contributed by atoms with Gasteiger partial charge in [0.2, 0.25) is 0 Å². The highest BCUT2D eigenvalue weighted by Crippen LogP contribution is 2.50. The van der Waals surface area contributed by atoms with Gasteiger partial charge >= 0.3 is 0 Å². The summed E-state index contributed by atoms with van der Waals surface area (Å²) in [5.41, 5.74) is 3.92. The van der Waals surface area contributed by atoms with Crippen LogP contribution in [0.2, 0.25) is 0 Å². The molecule has 6 rings (SSSR count). The molecule has 164 valence electrons. The van der Waals surface area contributed by atoms with Crippen molar-refractivity contribution in [3.63, 3.8) is 0 Å². The van der Waals surface area contributed by atoms with E-state index in [-0.39, 0.29) is 23.7 Å². The fraction of sp³-hybridized carbons (Fsp3) is 0.500. The van der Waals surface area contributed by atoms with E-state index in [4.69, 9.17) is 9.47 Å². The molecule has 0 amide bonds. The smallest absolute Gasteiger partial charge is 0.110 e. The molecule has 3 aromatic rings. The van der Waals surface area contributed by atoms with Gasteiger partial charge in [-0.1, -0.05) is 30.3 Å². The molecule has 2 bridgehead atoms. The fourth-order valence-corrected chi connectivity index (χ4v) is 4.89. The van der Waals surface area contributed by atoms with Crippen LogP contribution in [0, 0.1) is 0 Å². The van der Waals surface area contributed by atoms with Crippen molar-refractivity contribution in [2.45, 2.75) is 56.3 Å². The SMILES string of the molecule is C[C@@H](CO)n1cncc1-c1cc(C23CCC(COCc4ccccc4)(CC2)OC3)[nH]n1. The third-order valence-corrected chi connectivity index (χ3v) is 7.07. The van der Waals surface area contributed by atoms with Crippen molar-refractivity contribution in [3.05, 3.63) is 60.2 Å². The summed E-state index contributed by atoms with van der Waals surface area (Å²) in [5.74, 6) is 0. The van der Waals surface area contributed by atoms with Crippen molar-refractivity contribution in [1.29, 1.82) is 0 Å². The van der Waals surface area contributed by atoms with E-state index in [2.05, 4.69) is 33.4 Å². The van der Waals surface area contributed by atoms with E-state index in [1.807, 2.05) is 29.7 Å². The van der Waals surface area contributed by atoms with Crippen LogP contribution in [0.4, 0.5) is 0 Å². The van der Waals surface area contributed by atoms with Crippen LogP contribution in [0.25, 0.3) is 11.4 Å². The molecule has 0 spiro atoms. The molecule has 3 aliphatic rings. The second-order valence-corrected chi connectivity index (χ2v) is 9.12. The van der Waals surface area contributed by atoms with Crippen molar-refractivity contribution in [2.24, 2.45) is 0 Å². The first-order valence-corrected chi connectivity index (χ1v) is 11.1. The Hall–Kier alpha value is -2.48. The summed E-state index contributed by atoms with van der Waals surface area (Å²) < 4.78 is 14.4. The summed E-state index contributed by atoms with van der Waals surface area (Å²) in [4.78, 5) is 4.25. The van der Waals surface area contributed by atoms with Gasteiger partial charge in [0.15, 0.2) is 0 Å². The van der Waals surface area contributed by atoms with Crippen molar-refractivity contribution < 1.29 is 14.6 Å². The highest BCUT2D eigenvalue weighted by Gasteiger charge is 2.51. The van der Waals surface area contributed by atoms with E-state index in [9.17, 15) is 5.11 Å². The second kappa shape index (κ2) is 8.22. The monoisotopic (exact) mass is 422 g/mol. The number of rotatable bonds is 8. The lowest BCUT2D eigenvalue weighted by Gasteiger charge is -2.52. The zero-order valence-electron chi connectivity index (χ0n) is 18.0. The minimum atomic E-state index is -0.158. The molecule has 1 saturated carbocycles. The van der Waals surface area contributed by atoms with Gasteiger partial charge in [-0.05, 0) is 44.2 Å². The molecule has 4 heterocycles. The summed E-state index contributed by atoms with van der Waals surface area (Å²) in [7, 11) is 0. The highest BCUT2D eigenvalue weighted by molar-refractivity contribution is 5.55. The lowest BCUT2D eigenvalue weighted by atomic mass is 9.64. The summed E-state index contributed by atoms with van der Waals surface area (Å²) in [6.07, 6.45) is 7.67. The van der Waals surface area contributed by atoms with Gasteiger partial charge in [-0.15, -0.1) is 0 Å². The number of H-pyrrole nitrogens is 1. The maximum atomic E-state index is 9.52. The molecule has 7 heteroatoms. The van der Waals surface area contributed by atoms with E-state index in [0.29, 0.717) is 19.8 Å². The maximum absolute atomic E-state index is 9.52. The molecular weight excluding hydrogens is 392 g/mol. The third-order valence-electron chi connectivity index (χ3n) is 7.07. The topological polar surface area (TPSA) is 85.2 Å². The maximum Gasteiger partial charge on any atom is 0.110 e. The normalized spacial score (nSPS) is 26.3. The minimum Gasteiger partial charge on any atom is -0.394 e. The summed E-state index contributed by atoms with van der Waals surface area (Å²) in [5, 5.41) is 17.4. The number of aliphatic hydroxyl groups excluding tert-OH is 1. The van der Waals surface area contributed by atoms with E-state index >= 15 is 0 Å². The molecule has 2 aromatic heterocycles. The number of imidazole rings is 1. The Kier molecular flexibility index (Phi) is 5.42. The van der Waals surface area contributed by atoms with Gasteiger partial charge in [-0.2, -0.15) is 5.10 Å². The molecule has 1 aliphatic carbocycles. The predicted molar refractivity (Wildman–Crippen MR) is 117 cm³/mol. The number of nitrogens with one attached hydrogen (secondary N) is 1. The summed E-state index contributed by atoms with van der Waals surface area (Å²) in [6.45, 7) is 3.99. The van der Waals surface area contributed by atoms with Gasteiger partial charge in [0, 0.05) is 11.1 Å². The Morgan fingerprint density at radius 3 is 2.74 bits per heavy atom. The van der Waals surface area contributed by atoms with Crippen molar-refractivity contribution in [1.82, 2.24) is 19.7 Å². The first-order chi connectivity index (χ1) is 15.1. The number of hydrogen-bond acceptors (Lipinski definition) is 5. The minimum absolute atomic E-state index is 0.0140. The van der Waals surface area contributed by atoms with Crippen molar-refractivity contribution in [2.75, 3.05) is 19.8 Å². The molecule has 2 aliphatic heterocycles. The molecule has 0 unspecified atom stereocenters. The lowest BCUT2D eigenvalue weighted by molar-refractivity contribution is -0.186. The van der Waals surface area contributed by atoms with Gasteiger partial charge in [0.05, 0.1) is 56.3 Å². The van der Waals surface area contributed by atoms with Gasteiger partial charge < -0.3 is 19.1 Å². The Morgan fingerprint density at radius 1 is 1.23 bits per heavy atom. The van der Waals surface area contributed by atoms with Crippen LogP contribution in [0.5, 0.6) is 0 Å². The zero-order valence-corrected chi connectivity index (χ0v) is 18.0. The molecule has 31 heavy (non-hydrogen) atoms. The number of ether oxygens (including phenoxy) is 2. The number of benzene rings is 1. The first kappa shape index (κ1) is 20.4. The summed E-state index contributed by atoms with van der Waals surface area (Å²) in [6, 6.07) is 12.4. The molecular formula is C24H30N4O3. The molecule has 2 N–H and O–H groups in total. The fourth-order valence-electron chi connectivity index (χ4n) is 4.89. The predicted octanol–water partition coefficient (Wildman–Crippen LogP) is 3.62. The quantitative estimate of drug-likeness (QED) is 0.579. The average Bonchev–Trinajstić information content (AvgIpc) is 3.50. The van der Waals surface area contributed by atoms with Crippen LogP contribution in [0.15, 0.2) is 48.9 Å². The molecule has 3 fully saturated rings. The van der Waals surface area contributed by atoms with E-state index in [0.717, 1.165) is 42.8 Å². The van der Waals surface area contributed by atoms with Crippen LogP contribution in [0.1, 0.15) is 49.9 Å². The van der Waals surface area contributed by atoms with Crippen molar-refractivity contribution >= 4 is 0 Å². The van der Waals surface area contributed by atoms with Crippen LogP contribution in [-0.4, -0.2) is 50.3 Å². The van der Waals surface area contributed by atoms with Crippen LogP contribution < -0.4 is 0 Å². The molecule has 7 nitrogen and oxygen atoms in total. The van der Waals surface area contributed by atoms with Crippen LogP contribution in [-0.2, 0) is 21.5 Å². The molecule has 1 atom stereocenters. The van der Waals surface area contributed by atoms with Gasteiger partial charge in [0.25, 0.3) is 0 Å². The Balaban J connectivity index is 1.25. The zero-order chi connectivity index (χ0) is 21.3. The average molecular weight is 423 g/mol. The van der Waals surface area contributed by atoms with Crippen LogP contribution >= 0.6 is 0 Å². The first-order valence-electron chi connectivity index (χ1n) is 11.1. The van der Waals surface area contributed by atoms with E-state index in [1.54, 1.807) is 12.5 Å². The number of nitrogens with zero attached hydrogens (tertiary/aromatic N) is 3. The Morgan fingerprint density at radius 2 is 2.03 bits per heavy atom. The Labute approximate surface area is 182 Å². The van der Waals surface area contributed by atoms with Crippen molar-refractivity contribution in [3.8, 4) is 11.4 Å². The third kappa shape index (κ3) is 3.82. The Bertz CT molecular complexity index is 988. The van der Waals surface area contributed by atoms with Gasteiger partial charge in [-0.3, -0.25) is 5.10 Å². The number of fused-ring (bicyclic) bond motifs is 3. The number of aromatic nitrogens is 4. The standard InChI is InChI=1S/C24H30N4O3/c1-18(13-29)28-17-25-12-21(28)20-11-22(27-26-20)23-7-9-24(10-8-23,31-15-23)16-30-14-19-5-3-2-4-6-19/h2-6,11-12,17-18,29H,7-10,13-16H2,1H3,(H,26,27)/t18-,23?,24?/m0/s1. The molecule has 2 saturated heterocycles. The lowest BCUT2D eigenvalue weighted by Crippen LogP contribution is -2.55. The van der Waals surface area contributed by atoms with Gasteiger partial charge in [-0.25, -0.2) is 4.98 Å². The van der Waals surface area contributed by atoms with E-state index < -0.39 is 0 Å². The number of hydrogen-bond donors (Lipinski definition) is 2. The highest BCUT2D eigenvalue weighted by atomic mass is 16.5. The summed E-state index contributed by atoms with van der Waals surface area (Å²) >= 11 is 0. The molecule has 1 aromatic carbocycles. The van der Waals surface area contributed by atoms with Crippen LogP contribution in [0.3, 0.4) is 0 Å². The second-order valence-electron chi connectivity index (χ2n) is 9.12. The number of aromatic amines is 1. The molecule has 0 radical (unpaired) electrons.